The van der Waals surface area contributed by atoms with Crippen LogP contribution in [0.5, 0.6) is 0 Å². The van der Waals surface area contributed by atoms with Crippen LogP contribution in [0.2, 0.25) is 0 Å². The Balaban J connectivity index is 1.40. The van der Waals surface area contributed by atoms with E-state index in [0.717, 1.165) is 19.2 Å². The zero-order valence-electron chi connectivity index (χ0n) is 15.7. The summed E-state index contributed by atoms with van der Waals surface area (Å²) in [5.74, 6) is -0.653. The van der Waals surface area contributed by atoms with E-state index in [0.29, 0.717) is 19.5 Å². The van der Waals surface area contributed by atoms with Crippen LogP contribution in [0.25, 0.3) is 0 Å². The maximum Gasteiger partial charge on any atom is 0.416 e. The Kier molecular flexibility index (Phi) is 4.81. The third kappa shape index (κ3) is 3.60. The average Bonchev–Trinajstić information content (AvgIpc) is 3.48. The zero-order chi connectivity index (χ0) is 19.9. The van der Waals surface area contributed by atoms with Crippen molar-refractivity contribution in [2.24, 2.45) is 5.92 Å². The summed E-state index contributed by atoms with van der Waals surface area (Å²) in [6, 6.07) is 13.8. The third-order valence-corrected chi connectivity index (χ3v) is 5.82. The first kappa shape index (κ1) is 18.8. The molecule has 28 heavy (non-hydrogen) atoms. The van der Waals surface area contributed by atoms with Crippen LogP contribution in [-0.2, 0) is 11.0 Å². The number of piperazine rings is 1. The first-order valence-electron chi connectivity index (χ1n) is 9.62. The largest absolute Gasteiger partial charge is 0.416 e. The van der Waals surface area contributed by atoms with Crippen LogP contribution in [-0.4, -0.2) is 37.0 Å². The molecule has 0 bridgehead atoms. The standard InChI is InChI=1S/C22H23F3N2O/c1-15-6-2-5-9-20(15)26-10-12-27(13-11-26)21(28)18-14-17(18)16-7-3-4-8-19(16)22(23,24)25/h2-9,17-18H,10-14H2,1H3. The summed E-state index contributed by atoms with van der Waals surface area (Å²) in [6.45, 7) is 4.77. The van der Waals surface area contributed by atoms with Crippen LogP contribution in [0.3, 0.4) is 0 Å². The van der Waals surface area contributed by atoms with Gasteiger partial charge in [0.25, 0.3) is 0 Å². The number of hydrogen-bond acceptors (Lipinski definition) is 2. The van der Waals surface area contributed by atoms with Gasteiger partial charge < -0.3 is 9.80 Å². The lowest BCUT2D eigenvalue weighted by atomic mass is 10.0. The van der Waals surface area contributed by atoms with Crippen molar-refractivity contribution < 1.29 is 18.0 Å². The molecule has 3 nitrogen and oxygen atoms in total. The molecule has 6 heteroatoms. The fourth-order valence-electron chi connectivity index (χ4n) is 4.21. The number of benzene rings is 2. The number of rotatable bonds is 3. The summed E-state index contributed by atoms with van der Waals surface area (Å²) in [4.78, 5) is 16.9. The molecule has 1 saturated carbocycles. The van der Waals surface area contributed by atoms with Crippen molar-refractivity contribution in [2.45, 2.75) is 25.4 Å². The number of para-hydroxylation sites is 1. The molecule has 1 saturated heterocycles. The molecular weight excluding hydrogens is 365 g/mol. The van der Waals surface area contributed by atoms with Crippen molar-refractivity contribution in [1.82, 2.24) is 4.90 Å². The second-order valence-electron chi connectivity index (χ2n) is 7.63. The van der Waals surface area contributed by atoms with Crippen LogP contribution < -0.4 is 4.90 Å². The molecule has 1 aliphatic carbocycles. The normalized spacial score (nSPS) is 22.3. The van der Waals surface area contributed by atoms with Gasteiger partial charge >= 0.3 is 6.18 Å². The highest BCUT2D eigenvalue weighted by atomic mass is 19.4. The van der Waals surface area contributed by atoms with Gasteiger partial charge in [-0.25, -0.2) is 0 Å². The zero-order valence-corrected chi connectivity index (χ0v) is 15.7. The Bertz CT molecular complexity index is 872. The lowest BCUT2D eigenvalue weighted by Crippen LogP contribution is -2.49. The number of hydrogen-bond donors (Lipinski definition) is 0. The molecule has 4 rings (SSSR count). The molecular formula is C22H23F3N2O. The SMILES string of the molecule is Cc1ccccc1N1CCN(C(=O)C2CC2c2ccccc2C(F)(F)F)CC1. The summed E-state index contributed by atoms with van der Waals surface area (Å²) in [5.41, 5.74) is 2.03. The van der Waals surface area contributed by atoms with Crippen molar-refractivity contribution in [3.05, 3.63) is 65.2 Å². The maximum absolute atomic E-state index is 13.3. The van der Waals surface area contributed by atoms with Crippen LogP contribution in [0.4, 0.5) is 18.9 Å². The minimum atomic E-state index is -4.38. The molecule has 2 aromatic rings. The molecule has 0 N–H and O–H groups in total. The molecule has 2 fully saturated rings. The Morgan fingerprint density at radius 3 is 2.29 bits per heavy atom. The molecule has 0 aromatic heterocycles. The maximum atomic E-state index is 13.3. The Hall–Kier alpha value is -2.50. The van der Waals surface area contributed by atoms with Crippen LogP contribution >= 0.6 is 0 Å². The van der Waals surface area contributed by atoms with Crippen LogP contribution in [0, 0.1) is 12.8 Å². The van der Waals surface area contributed by atoms with Crippen LogP contribution in [0.1, 0.15) is 29.0 Å². The first-order chi connectivity index (χ1) is 13.4. The van der Waals surface area contributed by atoms with Crippen molar-refractivity contribution >= 4 is 11.6 Å². The van der Waals surface area contributed by atoms with Crippen molar-refractivity contribution in [2.75, 3.05) is 31.1 Å². The average molecular weight is 388 g/mol. The molecule has 2 aliphatic rings. The number of halogens is 3. The molecule has 1 aliphatic heterocycles. The van der Waals surface area contributed by atoms with Gasteiger partial charge in [-0.05, 0) is 42.5 Å². The molecule has 0 radical (unpaired) electrons. The quantitative estimate of drug-likeness (QED) is 0.775. The van der Waals surface area contributed by atoms with Gasteiger partial charge in [-0.1, -0.05) is 36.4 Å². The monoisotopic (exact) mass is 388 g/mol. The Morgan fingerprint density at radius 1 is 0.964 bits per heavy atom. The summed E-state index contributed by atoms with van der Waals surface area (Å²) in [6.07, 6.45) is -3.88. The molecule has 148 valence electrons. The molecule has 0 spiro atoms. The second-order valence-corrected chi connectivity index (χ2v) is 7.63. The summed E-state index contributed by atoms with van der Waals surface area (Å²) >= 11 is 0. The van der Waals surface area contributed by atoms with E-state index >= 15 is 0 Å². The van der Waals surface area contributed by atoms with E-state index in [1.54, 1.807) is 6.07 Å². The van der Waals surface area contributed by atoms with Crippen molar-refractivity contribution in [1.29, 1.82) is 0 Å². The van der Waals surface area contributed by atoms with E-state index < -0.39 is 11.7 Å². The highest BCUT2D eigenvalue weighted by Gasteiger charge is 2.49. The van der Waals surface area contributed by atoms with E-state index in [1.807, 2.05) is 17.0 Å². The minimum Gasteiger partial charge on any atom is -0.368 e. The molecule has 2 unspecified atom stereocenters. The highest BCUT2D eigenvalue weighted by molar-refractivity contribution is 5.83. The predicted octanol–water partition coefficient (Wildman–Crippen LogP) is 4.47. The Morgan fingerprint density at radius 2 is 1.61 bits per heavy atom. The van der Waals surface area contributed by atoms with Gasteiger partial charge in [0.1, 0.15) is 0 Å². The lowest BCUT2D eigenvalue weighted by molar-refractivity contribution is -0.138. The fourth-order valence-corrected chi connectivity index (χ4v) is 4.21. The number of aryl methyl sites for hydroxylation is 1. The number of nitrogens with zero attached hydrogens (tertiary/aromatic N) is 2. The predicted molar refractivity (Wildman–Crippen MR) is 102 cm³/mol. The Labute approximate surface area is 162 Å². The molecule has 2 aromatic carbocycles. The van der Waals surface area contributed by atoms with Gasteiger partial charge in [0, 0.05) is 37.8 Å². The van der Waals surface area contributed by atoms with Crippen molar-refractivity contribution in [3.63, 3.8) is 0 Å². The van der Waals surface area contributed by atoms with Gasteiger partial charge in [-0.2, -0.15) is 13.2 Å². The van der Waals surface area contributed by atoms with Gasteiger partial charge in [0.15, 0.2) is 0 Å². The number of anilines is 1. The van der Waals surface area contributed by atoms with E-state index in [9.17, 15) is 18.0 Å². The number of carbonyl (C=O) groups excluding carboxylic acids is 1. The molecule has 1 heterocycles. The highest BCUT2D eigenvalue weighted by Crippen LogP contribution is 2.51. The van der Waals surface area contributed by atoms with Gasteiger partial charge in [0.05, 0.1) is 5.56 Å². The topological polar surface area (TPSA) is 23.6 Å². The fraction of sp³-hybridized carbons (Fsp3) is 0.409. The van der Waals surface area contributed by atoms with E-state index in [4.69, 9.17) is 0 Å². The number of amides is 1. The molecule has 1 amide bonds. The third-order valence-electron chi connectivity index (χ3n) is 5.82. The summed E-state index contributed by atoms with van der Waals surface area (Å²) in [7, 11) is 0. The number of alkyl halides is 3. The van der Waals surface area contributed by atoms with E-state index in [2.05, 4.69) is 24.0 Å². The summed E-state index contributed by atoms with van der Waals surface area (Å²) < 4.78 is 39.8. The lowest BCUT2D eigenvalue weighted by Gasteiger charge is -2.37. The second kappa shape index (κ2) is 7.15. The van der Waals surface area contributed by atoms with Crippen molar-refractivity contribution in [3.8, 4) is 0 Å². The van der Waals surface area contributed by atoms with E-state index in [-0.39, 0.29) is 23.3 Å². The molecule has 2 atom stereocenters. The first-order valence-corrected chi connectivity index (χ1v) is 9.62. The van der Waals surface area contributed by atoms with Crippen LogP contribution in [0.15, 0.2) is 48.5 Å². The van der Waals surface area contributed by atoms with E-state index in [1.165, 1.54) is 23.4 Å². The van der Waals surface area contributed by atoms with Gasteiger partial charge in [-0.3, -0.25) is 4.79 Å². The number of carbonyl (C=O) groups is 1. The summed E-state index contributed by atoms with van der Waals surface area (Å²) in [5, 5.41) is 0. The van der Waals surface area contributed by atoms with Gasteiger partial charge in [0.2, 0.25) is 5.91 Å². The minimum absolute atomic E-state index is 0.00795. The van der Waals surface area contributed by atoms with Gasteiger partial charge in [-0.15, -0.1) is 0 Å². The smallest absolute Gasteiger partial charge is 0.368 e.